The fourth-order valence-electron chi connectivity index (χ4n) is 2.36. The molecule has 0 fully saturated rings. The molecule has 0 saturated heterocycles. The zero-order valence-electron chi connectivity index (χ0n) is 12.9. The van der Waals surface area contributed by atoms with E-state index < -0.39 is 5.82 Å². The van der Waals surface area contributed by atoms with Crippen LogP contribution in [0.15, 0.2) is 41.7 Å². The molecule has 0 aliphatic carbocycles. The fourth-order valence-corrected chi connectivity index (χ4v) is 2.54. The third-order valence-electron chi connectivity index (χ3n) is 3.62. The van der Waals surface area contributed by atoms with E-state index in [1.807, 2.05) is 0 Å². The van der Waals surface area contributed by atoms with Crippen molar-refractivity contribution in [2.24, 2.45) is 4.99 Å². The van der Waals surface area contributed by atoms with Crippen molar-refractivity contribution in [2.75, 3.05) is 5.32 Å². The Kier molecular flexibility index (Phi) is 3.81. The highest BCUT2D eigenvalue weighted by molar-refractivity contribution is 6.31. The van der Waals surface area contributed by atoms with Gasteiger partial charge in [0.05, 0.1) is 5.02 Å². The zero-order chi connectivity index (χ0) is 18.3. The highest BCUT2D eigenvalue weighted by Crippen LogP contribution is 2.42. The molecule has 1 aromatic heterocycles. The number of benzene rings is 2. The summed E-state index contributed by atoms with van der Waals surface area (Å²) in [5.41, 5.74) is 1.25. The first-order valence-electron chi connectivity index (χ1n) is 7.36. The van der Waals surface area contributed by atoms with Crippen molar-refractivity contribution in [3.8, 4) is 23.1 Å². The number of aliphatic imine (C=N–C) groups is 1. The highest BCUT2D eigenvalue weighted by atomic mass is 35.5. The van der Waals surface area contributed by atoms with Crippen LogP contribution in [0.4, 0.5) is 21.6 Å². The number of aromatic nitrogens is 2. The third kappa shape index (κ3) is 2.86. The molecule has 0 bridgehead atoms. The van der Waals surface area contributed by atoms with Crippen molar-refractivity contribution in [1.82, 2.24) is 9.97 Å². The number of aromatic hydroxyl groups is 2. The van der Waals surface area contributed by atoms with E-state index in [0.717, 1.165) is 0 Å². The molecule has 4 rings (SSSR count). The van der Waals surface area contributed by atoms with Gasteiger partial charge in [-0.2, -0.15) is 4.98 Å². The van der Waals surface area contributed by atoms with Crippen molar-refractivity contribution < 1.29 is 19.3 Å². The molecular weight excluding hydrogens is 363 g/mol. The lowest BCUT2D eigenvalue weighted by molar-refractivity contribution is 0.396. The van der Waals surface area contributed by atoms with Crippen LogP contribution in [0.5, 0.6) is 23.1 Å². The van der Waals surface area contributed by atoms with Gasteiger partial charge in [0, 0.05) is 23.5 Å². The Morgan fingerprint density at radius 1 is 1.08 bits per heavy atom. The number of nitrogens with one attached hydrogen (secondary N) is 1. The second-order valence-corrected chi connectivity index (χ2v) is 5.78. The Morgan fingerprint density at radius 3 is 2.69 bits per heavy atom. The molecule has 1 aliphatic heterocycles. The number of phenols is 2. The molecule has 0 amide bonds. The molecular formula is C17H10ClFN4O3. The first-order valence-corrected chi connectivity index (χ1v) is 7.74. The Morgan fingerprint density at radius 2 is 1.88 bits per heavy atom. The highest BCUT2D eigenvalue weighted by Gasteiger charge is 2.19. The summed E-state index contributed by atoms with van der Waals surface area (Å²) in [5.74, 6) is -0.414. The summed E-state index contributed by atoms with van der Waals surface area (Å²) < 4.78 is 19.0. The summed E-state index contributed by atoms with van der Waals surface area (Å²) in [6, 6.07) is 6.73. The predicted octanol–water partition coefficient (Wildman–Crippen LogP) is 4.28. The summed E-state index contributed by atoms with van der Waals surface area (Å²) in [6.45, 7) is 0. The maximum absolute atomic E-state index is 13.3. The van der Waals surface area contributed by atoms with Gasteiger partial charge in [-0.05, 0) is 24.3 Å². The van der Waals surface area contributed by atoms with Crippen LogP contribution >= 0.6 is 11.6 Å². The quantitative estimate of drug-likeness (QED) is 0.454. The smallest absolute Gasteiger partial charge is 0.250 e. The third-order valence-corrected chi connectivity index (χ3v) is 3.91. The van der Waals surface area contributed by atoms with Crippen molar-refractivity contribution in [2.45, 2.75) is 0 Å². The summed E-state index contributed by atoms with van der Waals surface area (Å²) in [5, 5.41) is 22.2. The van der Waals surface area contributed by atoms with Crippen LogP contribution in [-0.2, 0) is 0 Å². The van der Waals surface area contributed by atoms with Gasteiger partial charge in [0.1, 0.15) is 17.9 Å². The maximum Gasteiger partial charge on any atom is 0.250 e. The summed E-state index contributed by atoms with van der Waals surface area (Å²) in [6.07, 6.45) is 2.72. The number of nitrogens with zero attached hydrogens (tertiary/aromatic N) is 3. The number of phenolic OH excluding ortho intramolecular Hbond substituents is 2. The number of hydrogen-bond donors (Lipinski definition) is 3. The van der Waals surface area contributed by atoms with Gasteiger partial charge < -0.3 is 20.3 Å². The van der Waals surface area contributed by atoms with Crippen molar-refractivity contribution >= 4 is 35.0 Å². The fraction of sp³-hybridized carbons (Fsp3) is 0. The molecule has 0 atom stereocenters. The normalized spacial score (nSPS) is 11.9. The number of fused-ring (bicyclic) bond motifs is 2. The number of ether oxygens (including phenoxy) is 1. The number of halogens is 2. The lowest BCUT2D eigenvalue weighted by atomic mass is 10.2. The minimum atomic E-state index is -0.532. The van der Waals surface area contributed by atoms with Gasteiger partial charge in [-0.25, -0.2) is 14.4 Å². The minimum Gasteiger partial charge on any atom is -0.504 e. The first kappa shape index (κ1) is 16.1. The largest absolute Gasteiger partial charge is 0.504 e. The van der Waals surface area contributed by atoms with E-state index in [1.54, 1.807) is 0 Å². The summed E-state index contributed by atoms with van der Waals surface area (Å²) in [7, 11) is 0. The number of hydrogen-bond acceptors (Lipinski definition) is 7. The SMILES string of the molecule is Oc1cc2c(cc1O)Oc1ncnc(Nc3ccc(F)c(Cl)c3)c1N=C2. The standard InChI is InChI=1S/C17H10ClFN4O3/c18-10-4-9(1-2-11(10)19)23-16-15-17(22-7-21-16)26-14-5-13(25)12(24)3-8(14)6-20-15/h1-7,24-25H,(H,21,22,23). The van der Waals surface area contributed by atoms with Gasteiger partial charge in [0.2, 0.25) is 0 Å². The van der Waals surface area contributed by atoms with Crippen molar-refractivity contribution in [3.05, 3.63) is 53.1 Å². The van der Waals surface area contributed by atoms with Gasteiger partial charge in [-0.15, -0.1) is 0 Å². The second-order valence-electron chi connectivity index (χ2n) is 5.37. The van der Waals surface area contributed by atoms with Gasteiger partial charge in [0.15, 0.2) is 23.0 Å². The topological polar surface area (TPSA) is 99.9 Å². The molecule has 1 aliphatic rings. The Labute approximate surface area is 151 Å². The van der Waals surface area contributed by atoms with E-state index in [4.69, 9.17) is 16.3 Å². The lowest BCUT2D eigenvalue weighted by Gasteiger charge is -2.11. The predicted molar refractivity (Wildman–Crippen MR) is 93.8 cm³/mol. The number of rotatable bonds is 2. The molecule has 7 nitrogen and oxygen atoms in total. The monoisotopic (exact) mass is 372 g/mol. The van der Waals surface area contributed by atoms with Crippen LogP contribution in [0.2, 0.25) is 5.02 Å². The molecule has 26 heavy (non-hydrogen) atoms. The molecule has 0 spiro atoms. The zero-order valence-corrected chi connectivity index (χ0v) is 13.7. The molecule has 0 radical (unpaired) electrons. The Balaban J connectivity index is 1.75. The van der Waals surface area contributed by atoms with Gasteiger partial charge in [-0.3, -0.25) is 0 Å². The molecule has 3 N–H and O–H groups in total. The molecule has 3 aromatic rings. The van der Waals surface area contributed by atoms with E-state index in [0.29, 0.717) is 22.8 Å². The van der Waals surface area contributed by atoms with Gasteiger partial charge >= 0.3 is 0 Å². The van der Waals surface area contributed by atoms with Crippen LogP contribution in [-0.4, -0.2) is 26.4 Å². The molecule has 130 valence electrons. The maximum atomic E-state index is 13.3. The van der Waals surface area contributed by atoms with Crippen LogP contribution < -0.4 is 10.1 Å². The number of anilines is 2. The Bertz CT molecular complexity index is 1060. The second kappa shape index (κ2) is 6.16. The van der Waals surface area contributed by atoms with E-state index >= 15 is 0 Å². The van der Waals surface area contributed by atoms with Crippen LogP contribution in [0.3, 0.4) is 0 Å². The average molecular weight is 373 g/mol. The molecule has 0 unspecified atom stereocenters. The van der Waals surface area contributed by atoms with Crippen LogP contribution in [0.1, 0.15) is 5.56 Å². The minimum absolute atomic E-state index is 0.0340. The molecule has 2 aromatic carbocycles. The van der Waals surface area contributed by atoms with Crippen LogP contribution in [0, 0.1) is 5.82 Å². The Hall–Kier alpha value is -3.39. The van der Waals surface area contributed by atoms with E-state index in [9.17, 15) is 14.6 Å². The van der Waals surface area contributed by atoms with Gasteiger partial charge in [-0.1, -0.05) is 11.6 Å². The lowest BCUT2D eigenvalue weighted by Crippen LogP contribution is -1.97. The molecule has 0 saturated carbocycles. The molecule has 2 heterocycles. The van der Waals surface area contributed by atoms with Crippen LogP contribution in [0.25, 0.3) is 0 Å². The van der Waals surface area contributed by atoms with E-state index in [2.05, 4.69) is 20.3 Å². The van der Waals surface area contributed by atoms with Crippen molar-refractivity contribution in [3.63, 3.8) is 0 Å². The van der Waals surface area contributed by atoms with E-state index in [-0.39, 0.29) is 28.2 Å². The van der Waals surface area contributed by atoms with Crippen molar-refractivity contribution in [1.29, 1.82) is 0 Å². The molecule has 9 heteroatoms. The van der Waals surface area contributed by atoms with Gasteiger partial charge in [0.25, 0.3) is 5.88 Å². The average Bonchev–Trinajstić information content (AvgIpc) is 2.78. The summed E-state index contributed by atoms with van der Waals surface area (Å²) in [4.78, 5) is 12.5. The summed E-state index contributed by atoms with van der Waals surface area (Å²) >= 11 is 5.79. The van der Waals surface area contributed by atoms with E-state index in [1.165, 1.54) is 42.9 Å². The first-order chi connectivity index (χ1) is 12.5.